The fourth-order valence-electron chi connectivity index (χ4n) is 1.09. The summed E-state index contributed by atoms with van der Waals surface area (Å²) in [6, 6.07) is 0. The van der Waals surface area contributed by atoms with Crippen LogP contribution in [0.5, 0.6) is 0 Å². The molecule has 6 heteroatoms. The number of hydrogen-bond donors (Lipinski definition) is 2. The van der Waals surface area contributed by atoms with Gasteiger partial charge in [0.15, 0.2) is 0 Å². The lowest BCUT2D eigenvalue weighted by Crippen LogP contribution is -2.54. The van der Waals surface area contributed by atoms with E-state index in [1.54, 1.807) is 45.6 Å². The highest BCUT2D eigenvalue weighted by Gasteiger charge is 2.40. The first-order valence-electron chi connectivity index (χ1n) is 5.19. The Balaban J connectivity index is 2.80. The maximum atomic E-state index is 9.90. The van der Waals surface area contributed by atoms with E-state index in [1.165, 1.54) is 6.20 Å². The van der Waals surface area contributed by atoms with Crippen LogP contribution in [0.25, 0.3) is 0 Å². The van der Waals surface area contributed by atoms with Gasteiger partial charge in [0.25, 0.3) is 0 Å². The zero-order chi connectivity index (χ0) is 12.6. The molecule has 0 radical (unpaired) electrons. The molecule has 0 aromatic carbocycles. The number of imidazole rings is 1. The van der Waals surface area contributed by atoms with Crippen LogP contribution in [-0.2, 0) is 11.7 Å². The summed E-state index contributed by atoms with van der Waals surface area (Å²) in [6.45, 7) is 6.74. The van der Waals surface area contributed by atoms with Gasteiger partial charge in [0.05, 0.1) is 23.1 Å². The molecule has 0 saturated carbocycles. The molecule has 0 aliphatic carbocycles. The van der Waals surface area contributed by atoms with Gasteiger partial charge in [-0.2, -0.15) is 0 Å². The van der Waals surface area contributed by atoms with Crippen molar-refractivity contribution in [2.45, 2.75) is 38.9 Å². The van der Waals surface area contributed by atoms with Gasteiger partial charge in [-0.3, -0.25) is 0 Å². The lowest BCUT2D eigenvalue weighted by molar-refractivity contribution is -0.0984. The van der Waals surface area contributed by atoms with Crippen molar-refractivity contribution >= 4 is 12.7 Å². The van der Waals surface area contributed by atoms with Crippen molar-refractivity contribution in [3.63, 3.8) is 0 Å². The minimum atomic E-state index is -1.10. The zero-order valence-corrected chi connectivity index (χ0v) is 10.4. The minimum absolute atomic E-state index is 0.553. The standard InChI is InChI=1S/C10H19BN2O3/c1-9(2,14)10(3,4)16-11(15)8-6-12-7-13(8)5/h6-7,14-15H,1-5H3. The minimum Gasteiger partial charge on any atom is -0.422 e. The molecule has 1 rings (SSSR count). The molecule has 0 spiro atoms. The average Bonchev–Trinajstić information content (AvgIpc) is 2.48. The Hall–Kier alpha value is -0.845. The molecule has 0 amide bonds. The Labute approximate surface area is 96.2 Å². The lowest BCUT2D eigenvalue weighted by Gasteiger charge is -2.38. The summed E-state index contributed by atoms with van der Waals surface area (Å²) < 4.78 is 7.14. The van der Waals surface area contributed by atoms with E-state index in [0.29, 0.717) is 5.59 Å². The smallest absolute Gasteiger partial charge is 0.422 e. The maximum absolute atomic E-state index is 9.90. The Morgan fingerprint density at radius 2 is 1.94 bits per heavy atom. The molecular formula is C10H19BN2O3. The van der Waals surface area contributed by atoms with Crippen LogP contribution < -0.4 is 5.59 Å². The van der Waals surface area contributed by atoms with E-state index < -0.39 is 18.3 Å². The topological polar surface area (TPSA) is 67.5 Å². The van der Waals surface area contributed by atoms with E-state index in [9.17, 15) is 10.1 Å². The first-order valence-corrected chi connectivity index (χ1v) is 5.19. The van der Waals surface area contributed by atoms with Crippen LogP contribution in [-0.4, -0.2) is 38.0 Å². The Morgan fingerprint density at radius 3 is 2.31 bits per heavy atom. The highest BCUT2D eigenvalue weighted by Crippen LogP contribution is 2.25. The molecule has 0 aliphatic heterocycles. The molecule has 0 aliphatic rings. The molecule has 0 saturated heterocycles. The van der Waals surface area contributed by atoms with Crippen molar-refractivity contribution in [1.29, 1.82) is 0 Å². The van der Waals surface area contributed by atoms with Crippen LogP contribution in [0.15, 0.2) is 12.5 Å². The van der Waals surface area contributed by atoms with Crippen LogP contribution in [0.2, 0.25) is 0 Å². The largest absolute Gasteiger partial charge is 0.510 e. The molecule has 1 heterocycles. The second-order valence-electron chi connectivity index (χ2n) is 4.97. The van der Waals surface area contributed by atoms with Crippen molar-refractivity contribution in [1.82, 2.24) is 9.55 Å². The highest BCUT2D eigenvalue weighted by atomic mass is 16.5. The lowest BCUT2D eigenvalue weighted by atomic mass is 9.80. The van der Waals surface area contributed by atoms with Crippen molar-refractivity contribution in [3.05, 3.63) is 12.5 Å². The fourth-order valence-corrected chi connectivity index (χ4v) is 1.09. The van der Waals surface area contributed by atoms with E-state index in [1.807, 2.05) is 0 Å². The third-order valence-electron chi connectivity index (χ3n) is 2.99. The number of aryl methyl sites for hydroxylation is 1. The summed E-state index contributed by atoms with van der Waals surface area (Å²) in [4.78, 5) is 3.90. The van der Waals surface area contributed by atoms with Crippen molar-refractivity contribution in [3.8, 4) is 0 Å². The van der Waals surface area contributed by atoms with E-state index in [0.717, 1.165) is 0 Å². The van der Waals surface area contributed by atoms with Crippen molar-refractivity contribution < 1.29 is 14.8 Å². The third-order valence-corrected chi connectivity index (χ3v) is 2.99. The Kier molecular flexibility index (Phi) is 3.47. The molecule has 0 atom stereocenters. The number of aliphatic hydroxyl groups is 1. The Morgan fingerprint density at radius 1 is 1.38 bits per heavy atom. The van der Waals surface area contributed by atoms with Gasteiger partial charge < -0.3 is 19.4 Å². The summed E-state index contributed by atoms with van der Waals surface area (Å²) in [5.74, 6) is 0. The first-order chi connectivity index (χ1) is 7.15. The normalized spacial score (nSPS) is 12.9. The quantitative estimate of drug-likeness (QED) is 0.690. The molecule has 1 aromatic heterocycles. The summed E-state index contributed by atoms with van der Waals surface area (Å²) in [5, 5.41) is 19.8. The number of nitrogens with zero attached hydrogens (tertiary/aromatic N) is 2. The van der Waals surface area contributed by atoms with E-state index in [2.05, 4.69) is 4.98 Å². The van der Waals surface area contributed by atoms with Crippen molar-refractivity contribution in [2.24, 2.45) is 7.05 Å². The molecule has 0 fully saturated rings. The van der Waals surface area contributed by atoms with Gasteiger partial charge in [-0.25, -0.2) is 4.98 Å². The first kappa shape index (κ1) is 13.2. The predicted molar refractivity (Wildman–Crippen MR) is 62.3 cm³/mol. The number of hydrogen-bond acceptors (Lipinski definition) is 4. The van der Waals surface area contributed by atoms with Gasteiger partial charge in [0, 0.05) is 13.2 Å². The van der Waals surface area contributed by atoms with Gasteiger partial charge in [0.2, 0.25) is 0 Å². The predicted octanol–water partition coefficient (Wildman–Crippen LogP) is -0.326. The van der Waals surface area contributed by atoms with Crippen LogP contribution >= 0.6 is 0 Å². The second-order valence-corrected chi connectivity index (χ2v) is 4.97. The molecule has 1 aromatic rings. The van der Waals surface area contributed by atoms with Crippen LogP contribution in [0.1, 0.15) is 27.7 Å². The number of rotatable bonds is 4. The van der Waals surface area contributed by atoms with Crippen molar-refractivity contribution in [2.75, 3.05) is 0 Å². The van der Waals surface area contributed by atoms with Gasteiger partial charge in [0.1, 0.15) is 0 Å². The third kappa shape index (κ3) is 2.64. The molecule has 0 unspecified atom stereocenters. The van der Waals surface area contributed by atoms with Crippen LogP contribution in [0, 0.1) is 0 Å². The molecule has 90 valence electrons. The summed E-state index contributed by atoms with van der Waals surface area (Å²) in [7, 11) is 0.667. The molecule has 16 heavy (non-hydrogen) atoms. The van der Waals surface area contributed by atoms with Crippen LogP contribution in [0.4, 0.5) is 0 Å². The Bertz CT molecular complexity index is 357. The SMILES string of the molecule is Cn1cncc1B(O)OC(C)(C)C(C)(C)O. The molecule has 0 bridgehead atoms. The molecule has 2 N–H and O–H groups in total. The van der Waals surface area contributed by atoms with E-state index in [-0.39, 0.29) is 0 Å². The summed E-state index contributed by atoms with van der Waals surface area (Å²) in [6.07, 6.45) is 3.12. The monoisotopic (exact) mass is 226 g/mol. The maximum Gasteiger partial charge on any atom is 0.510 e. The summed E-state index contributed by atoms with van der Waals surface area (Å²) in [5.41, 5.74) is -1.36. The summed E-state index contributed by atoms with van der Waals surface area (Å²) >= 11 is 0. The van der Waals surface area contributed by atoms with Gasteiger partial charge in [-0.15, -0.1) is 0 Å². The van der Waals surface area contributed by atoms with Gasteiger partial charge >= 0.3 is 7.12 Å². The van der Waals surface area contributed by atoms with Gasteiger partial charge in [-0.05, 0) is 27.7 Å². The van der Waals surface area contributed by atoms with Gasteiger partial charge in [-0.1, -0.05) is 0 Å². The number of aromatic nitrogens is 2. The second kappa shape index (κ2) is 4.20. The molecular weight excluding hydrogens is 207 g/mol. The average molecular weight is 226 g/mol. The van der Waals surface area contributed by atoms with Crippen LogP contribution in [0.3, 0.4) is 0 Å². The molecule has 5 nitrogen and oxygen atoms in total. The highest BCUT2D eigenvalue weighted by molar-refractivity contribution is 6.59. The van der Waals surface area contributed by atoms with E-state index >= 15 is 0 Å². The zero-order valence-electron chi connectivity index (χ0n) is 10.4. The van der Waals surface area contributed by atoms with E-state index in [4.69, 9.17) is 4.65 Å². The fraction of sp³-hybridized carbons (Fsp3) is 0.700.